The van der Waals surface area contributed by atoms with E-state index in [1.165, 1.54) is 85.6 Å². The number of phenols is 1. The van der Waals surface area contributed by atoms with Crippen LogP contribution < -0.4 is 0 Å². The van der Waals surface area contributed by atoms with Gasteiger partial charge in [0, 0.05) is 39.7 Å². The molecule has 5 nitrogen and oxygen atoms in total. The van der Waals surface area contributed by atoms with Crippen molar-refractivity contribution >= 4 is 32.7 Å². The fraction of sp³-hybridized carbons (Fsp3) is 0.338. The molecule has 70 heavy (non-hydrogen) atoms. The molecule has 2 saturated carbocycles. The van der Waals surface area contributed by atoms with E-state index in [4.69, 9.17) is 15.0 Å². The quantitative estimate of drug-likeness (QED) is 0.162. The van der Waals surface area contributed by atoms with E-state index in [0.717, 1.165) is 71.9 Å². The van der Waals surface area contributed by atoms with E-state index in [-0.39, 0.29) is 22.5 Å². The van der Waals surface area contributed by atoms with Gasteiger partial charge >= 0.3 is 0 Å². The molecule has 0 bridgehead atoms. The molecule has 11 rings (SSSR count). The summed E-state index contributed by atoms with van der Waals surface area (Å²) in [6.45, 7) is 17.8. The summed E-state index contributed by atoms with van der Waals surface area (Å²) in [7, 11) is 0. The minimum atomic E-state index is -0.315. The van der Waals surface area contributed by atoms with Crippen molar-refractivity contribution in [2.24, 2.45) is 5.41 Å². The van der Waals surface area contributed by atoms with Crippen LogP contribution in [0.2, 0.25) is 0 Å². The molecule has 5 heteroatoms. The first-order valence-corrected chi connectivity index (χ1v) is 26.0. The van der Waals surface area contributed by atoms with Crippen LogP contribution in [0.25, 0.3) is 83.3 Å². The molecule has 0 amide bonds. The fourth-order valence-electron chi connectivity index (χ4n) is 12.0. The Morgan fingerprint density at radius 3 is 2.06 bits per heavy atom. The zero-order valence-electron chi connectivity index (χ0n) is 42.5. The van der Waals surface area contributed by atoms with E-state index in [1.807, 2.05) is 12.4 Å². The van der Waals surface area contributed by atoms with Crippen LogP contribution in [0.4, 0.5) is 0 Å². The molecule has 3 aromatic heterocycles. The van der Waals surface area contributed by atoms with Gasteiger partial charge < -0.3 is 5.11 Å². The lowest BCUT2D eigenvalue weighted by Gasteiger charge is -2.43. The third-order valence-corrected chi connectivity index (χ3v) is 16.2. The van der Waals surface area contributed by atoms with E-state index >= 15 is 0 Å². The zero-order valence-corrected chi connectivity index (χ0v) is 42.5. The Hall–Kier alpha value is -6.59. The Labute approximate surface area is 415 Å². The number of phenolic OH excluding ortho intramolecular Hbond substituents is 1. The van der Waals surface area contributed by atoms with Crippen molar-refractivity contribution in [1.82, 2.24) is 19.5 Å². The first-order chi connectivity index (χ1) is 33.6. The molecule has 2 aliphatic rings. The van der Waals surface area contributed by atoms with Gasteiger partial charge in [0.15, 0.2) is 0 Å². The molecular formula is C65H68N4O. The second-order valence-corrected chi connectivity index (χ2v) is 23.3. The average Bonchev–Trinajstić information content (AvgIpc) is 3.75. The van der Waals surface area contributed by atoms with Crippen molar-refractivity contribution in [3.05, 3.63) is 162 Å². The van der Waals surface area contributed by atoms with Crippen LogP contribution in [-0.2, 0) is 10.8 Å². The van der Waals surface area contributed by atoms with Crippen LogP contribution >= 0.6 is 0 Å². The number of imidazole rings is 1. The van der Waals surface area contributed by atoms with E-state index in [9.17, 15) is 5.11 Å². The summed E-state index contributed by atoms with van der Waals surface area (Å²) in [6.07, 6.45) is 16.5. The van der Waals surface area contributed by atoms with Crippen LogP contribution in [-0.4, -0.2) is 24.6 Å². The summed E-state index contributed by atoms with van der Waals surface area (Å²) in [4.78, 5) is 15.7. The van der Waals surface area contributed by atoms with Gasteiger partial charge in [-0.3, -0.25) is 14.5 Å². The van der Waals surface area contributed by atoms with Crippen molar-refractivity contribution in [3.63, 3.8) is 0 Å². The van der Waals surface area contributed by atoms with Crippen LogP contribution in [0.3, 0.4) is 0 Å². The second kappa shape index (κ2) is 17.7. The number of nitrogens with zero attached hydrogens (tertiary/aromatic N) is 4. The molecular weight excluding hydrogens is 853 g/mol. The molecule has 2 aliphatic carbocycles. The van der Waals surface area contributed by atoms with Crippen molar-refractivity contribution in [1.29, 1.82) is 0 Å². The predicted molar refractivity (Wildman–Crippen MR) is 293 cm³/mol. The lowest BCUT2D eigenvalue weighted by atomic mass is 9.62. The van der Waals surface area contributed by atoms with Gasteiger partial charge in [-0.2, -0.15) is 0 Å². The minimum Gasteiger partial charge on any atom is -0.507 e. The molecule has 0 atom stereocenters. The van der Waals surface area contributed by atoms with E-state index in [1.54, 1.807) is 0 Å². The molecule has 0 aliphatic heterocycles. The van der Waals surface area contributed by atoms with Crippen LogP contribution in [0, 0.1) is 5.41 Å². The number of fused-ring (bicyclic) bond motifs is 5. The van der Waals surface area contributed by atoms with E-state index in [2.05, 4.69) is 187 Å². The topological polar surface area (TPSA) is 63.8 Å². The number of hydrogen-bond donors (Lipinski definition) is 1. The van der Waals surface area contributed by atoms with Gasteiger partial charge in [-0.1, -0.05) is 154 Å². The Morgan fingerprint density at radius 2 is 1.34 bits per heavy atom. The molecule has 2 fully saturated rings. The Balaban J connectivity index is 1.06. The first-order valence-electron chi connectivity index (χ1n) is 26.0. The lowest BCUT2D eigenvalue weighted by Crippen LogP contribution is -2.29. The minimum absolute atomic E-state index is 0.174. The molecule has 9 aromatic rings. The number of hydrogen-bond acceptors (Lipinski definition) is 4. The fourth-order valence-corrected chi connectivity index (χ4v) is 12.0. The summed E-state index contributed by atoms with van der Waals surface area (Å²) in [5.41, 5.74) is 16.1. The highest BCUT2D eigenvalue weighted by atomic mass is 16.3. The predicted octanol–water partition coefficient (Wildman–Crippen LogP) is 17.8. The van der Waals surface area contributed by atoms with Crippen LogP contribution in [0.15, 0.2) is 140 Å². The van der Waals surface area contributed by atoms with Gasteiger partial charge in [0.25, 0.3) is 0 Å². The normalized spacial score (nSPS) is 15.7. The average molecular weight is 921 g/mol. The maximum atomic E-state index is 12.5. The molecule has 6 aromatic carbocycles. The number of benzene rings is 6. The molecule has 0 radical (unpaired) electrons. The summed E-state index contributed by atoms with van der Waals surface area (Å²) in [5.74, 6) is 1.85. The highest BCUT2D eigenvalue weighted by Crippen LogP contribution is 2.51. The van der Waals surface area contributed by atoms with Crippen LogP contribution in [0.5, 0.6) is 5.75 Å². The summed E-state index contributed by atoms with van der Waals surface area (Å²) in [6, 6.07) is 46.4. The monoisotopic (exact) mass is 921 g/mol. The van der Waals surface area contributed by atoms with Gasteiger partial charge in [0.05, 0.1) is 33.5 Å². The highest BCUT2D eigenvalue weighted by molar-refractivity contribution is 6.18. The van der Waals surface area contributed by atoms with Crippen molar-refractivity contribution in [2.75, 3.05) is 0 Å². The van der Waals surface area contributed by atoms with Crippen molar-refractivity contribution in [2.45, 2.75) is 136 Å². The smallest absolute Gasteiger partial charge is 0.149 e. The lowest BCUT2D eigenvalue weighted by molar-refractivity contribution is 0.114. The molecule has 3 heterocycles. The number of rotatable bonds is 7. The van der Waals surface area contributed by atoms with Gasteiger partial charge in [-0.05, 0) is 154 Å². The SMILES string of the molecule is CC(C)c1cc(-c2ccccc2)ccc1-n1c(-c2cc(C(C)(C)C)cc(C(C)(C)C)c2O)nc2c3c(ccc21)cnc1ccc(-c2cc(-c4ccc(C5CCC6(CCCCC6)CC5)cc4)ccn2)cc13. The number of aromatic hydroxyl groups is 1. The first kappa shape index (κ1) is 45.8. The Morgan fingerprint density at radius 1 is 0.643 bits per heavy atom. The molecule has 0 unspecified atom stereocenters. The summed E-state index contributed by atoms with van der Waals surface area (Å²) >= 11 is 0. The maximum Gasteiger partial charge on any atom is 0.149 e. The number of aromatic nitrogens is 4. The van der Waals surface area contributed by atoms with Gasteiger partial charge in [0.2, 0.25) is 0 Å². The molecule has 1 N–H and O–H groups in total. The largest absolute Gasteiger partial charge is 0.507 e. The third kappa shape index (κ3) is 8.39. The van der Waals surface area contributed by atoms with Gasteiger partial charge in [-0.15, -0.1) is 0 Å². The van der Waals surface area contributed by atoms with E-state index < -0.39 is 0 Å². The van der Waals surface area contributed by atoms with E-state index in [0.29, 0.717) is 17.2 Å². The van der Waals surface area contributed by atoms with Crippen molar-refractivity contribution in [3.8, 4) is 56.3 Å². The second-order valence-electron chi connectivity index (χ2n) is 23.3. The van der Waals surface area contributed by atoms with Crippen LogP contribution in [0.1, 0.15) is 147 Å². The Kier molecular flexibility index (Phi) is 11.6. The van der Waals surface area contributed by atoms with Crippen molar-refractivity contribution < 1.29 is 5.11 Å². The van der Waals surface area contributed by atoms with Gasteiger partial charge in [-0.25, -0.2) is 4.98 Å². The number of pyridine rings is 2. The zero-order chi connectivity index (χ0) is 48.5. The molecule has 0 saturated heterocycles. The van der Waals surface area contributed by atoms with Gasteiger partial charge in [0.1, 0.15) is 11.6 Å². The summed E-state index contributed by atoms with van der Waals surface area (Å²) < 4.78 is 2.31. The highest BCUT2D eigenvalue weighted by Gasteiger charge is 2.36. The molecule has 1 spiro atoms. The standard InChI is InChI=1S/C65H68N4O/c1-41(2)51-35-46(42-15-11-9-12-16-42)22-25-57(51)69-58-26-23-49-40-67-55-24-21-48(36-52(55)59(49)60(58)68-62(69)53-38-50(63(3,4)5)39-54(61(53)70)64(6,7)8)56-37-47(29-34-66-56)44-19-17-43(18-20-44)45-27-32-65(33-28-45)30-13-10-14-31-65/h9,11-12,15-26,29,34-41,45,70H,10,13-14,27-28,30-33H2,1-8H3. The third-order valence-electron chi connectivity index (χ3n) is 16.2. The molecule has 354 valence electrons. The summed E-state index contributed by atoms with van der Waals surface area (Å²) in [5, 5.41) is 15.6. The Bertz CT molecular complexity index is 3400. The maximum absolute atomic E-state index is 12.5.